The van der Waals surface area contributed by atoms with Gasteiger partial charge >= 0.3 is 0 Å². The third kappa shape index (κ3) is 2.28. The van der Waals surface area contributed by atoms with Crippen molar-refractivity contribution in [1.29, 1.82) is 0 Å². The summed E-state index contributed by atoms with van der Waals surface area (Å²) in [6.07, 6.45) is 4.99. The van der Waals surface area contributed by atoms with E-state index >= 15 is 0 Å². The normalized spacial score (nSPS) is 22.0. The number of fused-ring (bicyclic) bond motifs is 1. The summed E-state index contributed by atoms with van der Waals surface area (Å²) < 4.78 is 0. The lowest BCUT2D eigenvalue weighted by atomic mass is 9.99. The third-order valence-electron chi connectivity index (χ3n) is 3.58. The highest BCUT2D eigenvalue weighted by Crippen LogP contribution is 2.25. The predicted octanol–water partition coefficient (Wildman–Crippen LogP) is 1.74. The van der Waals surface area contributed by atoms with Crippen LogP contribution in [0.2, 0.25) is 0 Å². The Hall–Kier alpha value is -0.480. The zero-order valence-corrected chi connectivity index (χ0v) is 10.4. The molecule has 3 rings (SSSR count). The topological polar surface area (TPSA) is 40.7 Å². The van der Waals surface area contributed by atoms with Crippen LogP contribution in [-0.4, -0.2) is 28.0 Å². The van der Waals surface area contributed by atoms with E-state index in [1.165, 1.54) is 41.6 Å². The molecule has 3 heterocycles. The van der Waals surface area contributed by atoms with Gasteiger partial charge in [0.15, 0.2) is 0 Å². The van der Waals surface area contributed by atoms with Crippen molar-refractivity contribution in [3.05, 3.63) is 17.2 Å². The molecular weight excluding hydrogens is 218 g/mol. The van der Waals surface area contributed by atoms with Crippen molar-refractivity contribution >= 4 is 11.8 Å². The van der Waals surface area contributed by atoms with Crippen molar-refractivity contribution in [2.45, 2.75) is 32.2 Å². The minimum absolute atomic E-state index is 0.863. The van der Waals surface area contributed by atoms with Gasteiger partial charge in [0.25, 0.3) is 0 Å². The van der Waals surface area contributed by atoms with Crippen LogP contribution in [-0.2, 0) is 19.4 Å². The molecule has 0 unspecified atom stereocenters. The number of hydrogen-bond donors (Lipinski definition) is 2. The van der Waals surface area contributed by atoms with Crippen LogP contribution in [0, 0.1) is 5.92 Å². The van der Waals surface area contributed by atoms with E-state index in [4.69, 9.17) is 4.98 Å². The highest BCUT2D eigenvalue weighted by molar-refractivity contribution is 7.99. The lowest BCUT2D eigenvalue weighted by Gasteiger charge is -2.19. The van der Waals surface area contributed by atoms with Crippen LogP contribution in [0.1, 0.15) is 30.1 Å². The van der Waals surface area contributed by atoms with E-state index in [9.17, 15) is 0 Å². The van der Waals surface area contributed by atoms with E-state index in [-0.39, 0.29) is 0 Å². The fourth-order valence-corrected chi connectivity index (χ4v) is 3.80. The highest BCUT2D eigenvalue weighted by atomic mass is 32.2. The summed E-state index contributed by atoms with van der Waals surface area (Å²) >= 11 is 2.10. The summed E-state index contributed by atoms with van der Waals surface area (Å²) in [5.74, 6) is 4.77. The molecule has 0 spiro atoms. The zero-order chi connectivity index (χ0) is 10.8. The van der Waals surface area contributed by atoms with Gasteiger partial charge in [-0.2, -0.15) is 11.8 Å². The van der Waals surface area contributed by atoms with Gasteiger partial charge in [-0.3, -0.25) is 0 Å². The number of rotatable bonds is 2. The van der Waals surface area contributed by atoms with Gasteiger partial charge in [-0.25, -0.2) is 4.98 Å². The second kappa shape index (κ2) is 4.80. The molecule has 0 atom stereocenters. The average Bonchev–Trinajstić information content (AvgIpc) is 2.72. The first-order valence-electron chi connectivity index (χ1n) is 6.27. The van der Waals surface area contributed by atoms with Crippen molar-refractivity contribution < 1.29 is 0 Å². The van der Waals surface area contributed by atoms with Crippen molar-refractivity contribution in [2.75, 3.05) is 18.1 Å². The molecule has 2 aliphatic heterocycles. The van der Waals surface area contributed by atoms with Crippen molar-refractivity contribution in [3.63, 3.8) is 0 Å². The molecular formula is C12H19N3S. The highest BCUT2D eigenvalue weighted by Gasteiger charge is 2.18. The number of aromatic nitrogens is 2. The molecule has 4 heteroatoms. The van der Waals surface area contributed by atoms with Gasteiger partial charge in [-0.1, -0.05) is 0 Å². The van der Waals surface area contributed by atoms with Crippen LogP contribution in [0.4, 0.5) is 0 Å². The summed E-state index contributed by atoms with van der Waals surface area (Å²) in [5.41, 5.74) is 2.63. The first-order valence-corrected chi connectivity index (χ1v) is 7.42. The van der Waals surface area contributed by atoms with E-state index in [1.807, 2.05) is 0 Å². The molecule has 2 N–H and O–H groups in total. The average molecular weight is 237 g/mol. The van der Waals surface area contributed by atoms with Crippen molar-refractivity contribution in [3.8, 4) is 0 Å². The number of imidazole rings is 1. The van der Waals surface area contributed by atoms with E-state index in [1.54, 1.807) is 0 Å². The molecule has 1 aromatic rings. The Bertz CT molecular complexity index is 332. The van der Waals surface area contributed by atoms with Crippen LogP contribution < -0.4 is 5.32 Å². The molecule has 1 aromatic heterocycles. The first kappa shape index (κ1) is 10.7. The molecule has 1 saturated heterocycles. The molecule has 0 bridgehead atoms. The maximum atomic E-state index is 4.74. The molecule has 0 aromatic carbocycles. The molecule has 3 nitrogen and oxygen atoms in total. The number of thioether (sulfide) groups is 1. The molecule has 0 radical (unpaired) electrons. The summed E-state index contributed by atoms with van der Waals surface area (Å²) in [7, 11) is 0. The maximum Gasteiger partial charge on any atom is 0.106 e. The van der Waals surface area contributed by atoms with Crippen molar-refractivity contribution in [1.82, 2.24) is 15.3 Å². The van der Waals surface area contributed by atoms with Crippen LogP contribution in [0.15, 0.2) is 0 Å². The van der Waals surface area contributed by atoms with Crippen LogP contribution >= 0.6 is 11.8 Å². The second-order valence-corrected chi connectivity index (χ2v) is 6.02. The Kier molecular flexibility index (Phi) is 3.20. The number of nitrogens with one attached hydrogen (secondary N) is 2. The van der Waals surface area contributed by atoms with Crippen LogP contribution in [0.25, 0.3) is 0 Å². The molecule has 1 fully saturated rings. The molecule has 0 aliphatic carbocycles. The molecule has 16 heavy (non-hydrogen) atoms. The largest absolute Gasteiger partial charge is 0.345 e. The van der Waals surface area contributed by atoms with Gasteiger partial charge in [0.05, 0.1) is 11.4 Å². The third-order valence-corrected chi connectivity index (χ3v) is 4.63. The standard InChI is InChI=1S/C12H19N3S/c1-4-13-8-11-10(1)14-12(15-11)7-9-2-5-16-6-3-9/h9,13H,1-8H2,(H,14,15). The van der Waals surface area contributed by atoms with Gasteiger partial charge in [-0.05, 0) is 30.3 Å². The number of hydrogen-bond acceptors (Lipinski definition) is 3. The van der Waals surface area contributed by atoms with Crippen LogP contribution in [0.5, 0.6) is 0 Å². The first-order chi connectivity index (χ1) is 7.92. The lowest BCUT2D eigenvalue weighted by molar-refractivity contribution is 0.477. The van der Waals surface area contributed by atoms with Gasteiger partial charge < -0.3 is 10.3 Å². The van der Waals surface area contributed by atoms with Crippen molar-refractivity contribution in [2.24, 2.45) is 5.92 Å². The van der Waals surface area contributed by atoms with E-state index in [2.05, 4.69) is 22.1 Å². The smallest absolute Gasteiger partial charge is 0.106 e. The minimum atomic E-state index is 0.863. The number of nitrogens with zero attached hydrogens (tertiary/aromatic N) is 1. The maximum absolute atomic E-state index is 4.74. The molecule has 2 aliphatic rings. The Labute approximate surface area is 101 Å². The fraction of sp³-hybridized carbons (Fsp3) is 0.750. The molecule has 0 amide bonds. The van der Waals surface area contributed by atoms with E-state index in [0.717, 1.165) is 31.8 Å². The summed E-state index contributed by atoms with van der Waals surface area (Å²) in [5, 5.41) is 3.38. The van der Waals surface area contributed by atoms with Gasteiger partial charge in [0.1, 0.15) is 5.82 Å². The predicted molar refractivity (Wildman–Crippen MR) is 67.8 cm³/mol. The van der Waals surface area contributed by atoms with Gasteiger partial charge in [-0.15, -0.1) is 0 Å². The van der Waals surface area contributed by atoms with E-state index < -0.39 is 0 Å². The molecule has 88 valence electrons. The zero-order valence-electron chi connectivity index (χ0n) is 9.59. The second-order valence-electron chi connectivity index (χ2n) is 4.80. The minimum Gasteiger partial charge on any atom is -0.345 e. The molecule has 0 saturated carbocycles. The fourth-order valence-electron chi connectivity index (χ4n) is 2.60. The SMILES string of the molecule is C1Cc2nc(CC3CCSCC3)[nH]c2CN1. The van der Waals surface area contributed by atoms with Crippen LogP contribution in [0.3, 0.4) is 0 Å². The van der Waals surface area contributed by atoms with E-state index in [0.29, 0.717) is 0 Å². The number of aromatic amines is 1. The summed E-state index contributed by atoms with van der Waals surface area (Å²) in [4.78, 5) is 8.24. The quantitative estimate of drug-likeness (QED) is 0.823. The number of H-pyrrole nitrogens is 1. The summed E-state index contributed by atoms with van der Waals surface area (Å²) in [6, 6.07) is 0. The monoisotopic (exact) mass is 237 g/mol. The Balaban J connectivity index is 1.67. The van der Waals surface area contributed by atoms with Gasteiger partial charge in [0, 0.05) is 25.9 Å². The Morgan fingerprint density at radius 3 is 3.00 bits per heavy atom. The van der Waals surface area contributed by atoms with Gasteiger partial charge in [0.2, 0.25) is 0 Å². The summed E-state index contributed by atoms with van der Waals surface area (Å²) in [6.45, 7) is 2.06. The Morgan fingerprint density at radius 1 is 1.31 bits per heavy atom. The lowest BCUT2D eigenvalue weighted by Crippen LogP contribution is -2.23. The Morgan fingerprint density at radius 2 is 2.19 bits per heavy atom.